The summed E-state index contributed by atoms with van der Waals surface area (Å²) in [6.07, 6.45) is 0.0120. The summed E-state index contributed by atoms with van der Waals surface area (Å²) in [5.41, 5.74) is 0.862. The van der Waals surface area contributed by atoms with E-state index in [0.29, 0.717) is 22.8 Å². The van der Waals surface area contributed by atoms with Gasteiger partial charge in [-0.15, -0.1) is 0 Å². The first kappa shape index (κ1) is 17.0. The lowest BCUT2D eigenvalue weighted by molar-refractivity contribution is 0.247. The number of hydrazone groups is 1. The predicted octanol–water partition coefficient (Wildman–Crippen LogP) is 5.22. The number of urea groups is 1. The molecule has 1 aliphatic heterocycles. The lowest BCUT2D eigenvalue weighted by Gasteiger charge is -2.22. The molecule has 0 fully saturated rings. The second kappa shape index (κ2) is 6.97. The molecule has 1 aliphatic rings. The van der Waals surface area contributed by atoms with Crippen molar-refractivity contribution >= 4 is 52.7 Å². The number of halogens is 4. The van der Waals surface area contributed by atoms with Crippen molar-refractivity contribution in [2.24, 2.45) is 5.10 Å². The summed E-state index contributed by atoms with van der Waals surface area (Å²) < 4.78 is 14.8. The van der Waals surface area contributed by atoms with Crippen molar-refractivity contribution in [1.29, 1.82) is 0 Å². The fourth-order valence-corrected chi connectivity index (χ4v) is 3.09. The number of nitrogens with zero attached hydrogens (tertiary/aromatic N) is 2. The van der Waals surface area contributed by atoms with Crippen molar-refractivity contribution < 1.29 is 9.18 Å². The average Bonchev–Trinajstić information content (AvgIpc) is 2.55. The second-order valence-electron chi connectivity index (χ2n) is 5.03. The predicted molar refractivity (Wildman–Crippen MR) is 95.2 cm³/mol. The Morgan fingerprint density at radius 1 is 1.12 bits per heavy atom. The molecule has 0 aliphatic carbocycles. The molecule has 1 unspecified atom stereocenters. The van der Waals surface area contributed by atoms with Crippen molar-refractivity contribution in [3.05, 3.63) is 62.6 Å². The van der Waals surface area contributed by atoms with E-state index in [9.17, 15) is 9.18 Å². The van der Waals surface area contributed by atoms with Crippen LogP contribution in [-0.2, 0) is 0 Å². The van der Waals surface area contributed by atoms with Crippen LogP contribution < -0.4 is 10.3 Å². The first-order valence-corrected chi connectivity index (χ1v) is 8.09. The molecule has 4 nitrogen and oxygen atoms in total. The van der Waals surface area contributed by atoms with E-state index in [-0.39, 0.29) is 15.6 Å². The highest BCUT2D eigenvalue weighted by Gasteiger charge is 2.24. The minimum Gasteiger partial charge on any atom is -0.331 e. The summed E-state index contributed by atoms with van der Waals surface area (Å²) in [4.78, 5) is 11.8. The third-order valence-corrected chi connectivity index (χ3v) is 4.34. The molecule has 1 atom stereocenters. The molecule has 0 bridgehead atoms. The van der Waals surface area contributed by atoms with Gasteiger partial charge in [-0.1, -0.05) is 46.9 Å². The topological polar surface area (TPSA) is 44.7 Å². The first-order chi connectivity index (χ1) is 11.5. The van der Waals surface area contributed by atoms with Crippen molar-refractivity contribution in [2.45, 2.75) is 6.17 Å². The molecule has 2 aromatic rings. The highest BCUT2D eigenvalue weighted by atomic mass is 35.5. The molecular weight excluding hydrogens is 376 g/mol. The van der Waals surface area contributed by atoms with Crippen LogP contribution in [0.5, 0.6) is 0 Å². The summed E-state index contributed by atoms with van der Waals surface area (Å²) in [6, 6.07) is 8.80. The normalized spacial score (nSPS) is 15.3. The van der Waals surface area contributed by atoms with E-state index < -0.39 is 12.2 Å². The Balaban J connectivity index is 1.98. The standard InChI is InChI=1S/C16H11Cl3FN3O/c17-10-3-1-9(2-4-10)15(20)14-12(18)7-11(8-13(14)19)23-16(24)21-5-6-22-23/h1-4,6-8,15H,5H2,(H,21,24). The van der Waals surface area contributed by atoms with E-state index in [1.54, 1.807) is 24.3 Å². The average molecular weight is 387 g/mol. The minimum absolute atomic E-state index is 0.105. The van der Waals surface area contributed by atoms with E-state index in [4.69, 9.17) is 34.8 Å². The van der Waals surface area contributed by atoms with Gasteiger partial charge >= 0.3 is 6.03 Å². The number of anilines is 1. The molecule has 2 amide bonds. The fourth-order valence-electron chi connectivity index (χ4n) is 2.30. The summed E-state index contributed by atoms with van der Waals surface area (Å²) in [5, 5.41) is 8.41. The van der Waals surface area contributed by atoms with Crippen LogP contribution in [0.15, 0.2) is 41.5 Å². The van der Waals surface area contributed by atoms with Crippen LogP contribution in [-0.4, -0.2) is 18.8 Å². The van der Waals surface area contributed by atoms with E-state index in [2.05, 4.69) is 10.4 Å². The number of amides is 2. The van der Waals surface area contributed by atoms with Gasteiger partial charge in [-0.25, -0.2) is 9.18 Å². The van der Waals surface area contributed by atoms with Crippen LogP contribution >= 0.6 is 34.8 Å². The number of rotatable bonds is 3. The van der Waals surface area contributed by atoms with Gasteiger partial charge in [0.1, 0.15) is 0 Å². The van der Waals surface area contributed by atoms with Gasteiger partial charge in [-0.3, -0.25) is 0 Å². The molecule has 1 N–H and O–H groups in total. The van der Waals surface area contributed by atoms with E-state index in [1.807, 2.05) is 0 Å². The molecule has 2 aromatic carbocycles. The number of hydrogen-bond donors (Lipinski definition) is 1. The SMILES string of the molecule is O=C1NCC=NN1c1cc(Cl)c(C(F)c2ccc(Cl)cc2)c(Cl)c1. The van der Waals surface area contributed by atoms with Crippen LogP contribution in [0.2, 0.25) is 15.1 Å². The first-order valence-electron chi connectivity index (χ1n) is 6.96. The molecule has 24 heavy (non-hydrogen) atoms. The zero-order valence-corrected chi connectivity index (χ0v) is 14.4. The van der Waals surface area contributed by atoms with Crippen molar-refractivity contribution in [3.63, 3.8) is 0 Å². The van der Waals surface area contributed by atoms with Crippen LogP contribution in [0, 0.1) is 0 Å². The fraction of sp³-hybridized carbons (Fsp3) is 0.125. The summed E-state index contributed by atoms with van der Waals surface area (Å²) in [5.74, 6) is 0. The molecule has 0 aromatic heterocycles. The Morgan fingerprint density at radius 2 is 1.75 bits per heavy atom. The van der Waals surface area contributed by atoms with E-state index in [1.165, 1.54) is 18.3 Å². The maximum absolute atomic E-state index is 14.8. The molecule has 0 saturated heterocycles. The molecule has 0 spiro atoms. The number of benzene rings is 2. The highest BCUT2D eigenvalue weighted by molar-refractivity contribution is 6.36. The van der Waals surface area contributed by atoms with Gasteiger partial charge in [-0.05, 0) is 29.8 Å². The number of carbonyl (C=O) groups excluding carboxylic acids is 1. The third kappa shape index (κ3) is 3.34. The Bertz CT molecular complexity index is 788. The number of nitrogens with one attached hydrogen (secondary N) is 1. The van der Waals surface area contributed by atoms with Crippen LogP contribution in [0.3, 0.4) is 0 Å². The number of hydrogen-bond acceptors (Lipinski definition) is 2. The maximum Gasteiger partial charge on any atom is 0.342 e. The maximum atomic E-state index is 14.8. The monoisotopic (exact) mass is 385 g/mol. The van der Waals surface area contributed by atoms with Crippen molar-refractivity contribution in [3.8, 4) is 0 Å². The van der Waals surface area contributed by atoms with Gasteiger partial charge in [0.2, 0.25) is 0 Å². The Morgan fingerprint density at radius 3 is 2.33 bits per heavy atom. The quantitative estimate of drug-likeness (QED) is 0.772. The van der Waals surface area contributed by atoms with Gasteiger partial charge in [0, 0.05) is 16.8 Å². The number of carbonyl (C=O) groups is 1. The molecule has 3 rings (SSSR count). The van der Waals surface area contributed by atoms with E-state index >= 15 is 0 Å². The molecule has 1 heterocycles. The summed E-state index contributed by atoms with van der Waals surface area (Å²) in [7, 11) is 0. The molecule has 8 heteroatoms. The summed E-state index contributed by atoms with van der Waals surface area (Å²) in [6.45, 7) is 0.345. The van der Waals surface area contributed by atoms with Crippen molar-refractivity contribution in [1.82, 2.24) is 5.32 Å². The minimum atomic E-state index is -1.52. The van der Waals surface area contributed by atoms with Crippen LogP contribution in [0.4, 0.5) is 14.9 Å². The zero-order chi connectivity index (χ0) is 17.3. The van der Waals surface area contributed by atoms with Gasteiger partial charge in [0.15, 0.2) is 6.17 Å². The van der Waals surface area contributed by atoms with E-state index in [0.717, 1.165) is 5.01 Å². The van der Waals surface area contributed by atoms with Gasteiger partial charge < -0.3 is 5.32 Å². The van der Waals surface area contributed by atoms with Gasteiger partial charge in [0.05, 0.1) is 22.3 Å². The second-order valence-corrected chi connectivity index (χ2v) is 6.28. The molecule has 124 valence electrons. The van der Waals surface area contributed by atoms with Crippen LogP contribution in [0.25, 0.3) is 0 Å². The Hall–Kier alpha value is -1.82. The zero-order valence-electron chi connectivity index (χ0n) is 12.1. The molecular formula is C16H11Cl3FN3O. The molecule has 0 saturated carbocycles. The Kier molecular flexibility index (Phi) is 4.94. The Labute approximate surface area is 152 Å². The largest absolute Gasteiger partial charge is 0.342 e. The smallest absolute Gasteiger partial charge is 0.331 e. The van der Waals surface area contributed by atoms with Gasteiger partial charge in [-0.2, -0.15) is 10.1 Å². The lowest BCUT2D eigenvalue weighted by atomic mass is 10.0. The number of alkyl halides is 1. The van der Waals surface area contributed by atoms with Gasteiger partial charge in [0.25, 0.3) is 0 Å². The highest BCUT2D eigenvalue weighted by Crippen LogP contribution is 2.39. The van der Waals surface area contributed by atoms with Crippen molar-refractivity contribution in [2.75, 3.05) is 11.6 Å². The van der Waals surface area contributed by atoms with Crippen LogP contribution in [0.1, 0.15) is 17.3 Å². The lowest BCUT2D eigenvalue weighted by Crippen LogP contribution is -2.41. The summed E-state index contributed by atoms with van der Waals surface area (Å²) >= 11 is 18.2. The third-order valence-electron chi connectivity index (χ3n) is 3.46. The molecule has 0 radical (unpaired) electrons.